The van der Waals surface area contributed by atoms with Gasteiger partial charge in [0, 0.05) is 37.8 Å². The van der Waals surface area contributed by atoms with E-state index in [2.05, 4.69) is 30.6 Å². The normalized spacial score (nSPS) is 35.8. The molecule has 0 amide bonds. The van der Waals surface area contributed by atoms with Gasteiger partial charge in [0.15, 0.2) is 0 Å². The largest absolute Gasteiger partial charge is 0.298 e. The lowest BCUT2D eigenvalue weighted by Gasteiger charge is -2.44. The number of hydrogen-bond donors (Lipinski definition) is 0. The van der Waals surface area contributed by atoms with Crippen LogP contribution in [0.4, 0.5) is 0 Å². The minimum Gasteiger partial charge on any atom is -0.298 e. The predicted molar refractivity (Wildman–Crippen MR) is 63.0 cm³/mol. The fourth-order valence-corrected chi connectivity index (χ4v) is 3.22. The third kappa shape index (κ3) is 1.72. The Kier molecular flexibility index (Phi) is 2.01. The zero-order valence-electron chi connectivity index (χ0n) is 10.4. The Morgan fingerprint density at radius 2 is 1.80 bits per heavy atom. The summed E-state index contributed by atoms with van der Waals surface area (Å²) in [6.45, 7) is 12.5. The molecule has 2 aliphatic heterocycles. The van der Waals surface area contributed by atoms with Gasteiger partial charge in [-0.1, -0.05) is 0 Å². The molecule has 2 heterocycles. The van der Waals surface area contributed by atoms with Crippen molar-refractivity contribution in [2.75, 3.05) is 26.2 Å². The van der Waals surface area contributed by atoms with Crippen LogP contribution >= 0.6 is 0 Å². The maximum Gasteiger partial charge on any atom is 0.0236 e. The van der Waals surface area contributed by atoms with Gasteiger partial charge in [-0.05, 0) is 45.4 Å². The summed E-state index contributed by atoms with van der Waals surface area (Å²) in [7, 11) is 0. The Labute approximate surface area is 93.6 Å². The molecule has 0 aromatic heterocycles. The molecule has 2 heteroatoms. The molecule has 3 fully saturated rings. The van der Waals surface area contributed by atoms with Crippen LogP contribution in [0, 0.1) is 5.41 Å². The molecule has 2 nitrogen and oxygen atoms in total. The minimum atomic E-state index is 0.372. The van der Waals surface area contributed by atoms with Crippen LogP contribution in [-0.2, 0) is 0 Å². The van der Waals surface area contributed by atoms with E-state index in [1.807, 2.05) is 0 Å². The Hall–Kier alpha value is -0.0800. The highest BCUT2D eigenvalue weighted by Gasteiger charge is 2.54. The zero-order chi connectivity index (χ0) is 10.7. The van der Waals surface area contributed by atoms with E-state index in [9.17, 15) is 0 Å². The molecule has 1 aliphatic carbocycles. The lowest BCUT2D eigenvalue weighted by molar-refractivity contribution is 0.0344. The molecule has 1 saturated carbocycles. The number of likely N-dealkylation sites (tertiary alicyclic amines) is 2. The van der Waals surface area contributed by atoms with E-state index in [4.69, 9.17) is 0 Å². The van der Waals surface area contributed by atoms with E-state index in [1.54, 1.807) is 0 Å². The minimum absolute atomic E-state index is 0.372. The highest BCUT2D eigenvalue weighted by atomic mass is 15.3. The van der Waals surface area contributed by atoms with E-state index in [0.29, 0.717) is 5.54 Å². The molecule has 1 unspecified atom stereocenters. The summed E-state index contributed by atoms with van der Waals surface area (Å²) >= 11 is 0. The summed E-state index contributed by atoms with van der Waals surface area (Å²) in [6.07, 6.45) is 4.42. The first kappa shape index (κ1) is 10.1. The summed E-state index contributed by atoms with van der Waals surface area (Å²) in [5, 5.41) is 0. The van der Waals surface area contributed by atoms with E-state index in [-0.39, 0.29) is 0 Å². The number of rotatable bonds is 1. The van der Waals surface area contributed by atoms with Crippen LogP contribution in [0.5, 0.6) is 0 Å². The van der Waals surface area contributed by atoms with Gasteiger partial charge in [0.05, 0.1) is 0 Å². The topological polar surface area (TPSA) is 6.48 Å². The average molecular weight is 208 g/mol. The van der Waals surface area contributed by atoms with Crippen LogP contribution in [0.2, 0.25) is 0 Å². The van der Waals surface area contributed by atoms with Crippen molar-refractivity contribution in [2.45, 2.75) is 51.6 Å². The van der Waals surface area contributed by atoms with Crippen LogP contribution in [0.3, 0.4) is 0 Å². The SMILES string of the molecule is CC(C)(C)N1CCC(N2CC3(CC3)C2)C1. The van der Waals surface area contributed by atoms with E-state index in [1.165, 1.54) is 45.4 Å². The maximum atomic E-state index is 2.73. The second kappa shape index (κ2) is 2.98. The van der Waals surface area contributed by atoms with Crippen molar-refractivity contribution in [2.24, 2.45) is 5.41 Å². The Morgan fingerprint density at radius 1 is 1.13 bits per heavy atom. The van der Waals surface area contributed by atoms with Gasteiger partial charge in [0.25, 0.3) is 0 Å². The standard InChI is InChI=1S/C13H24N2/c1-12(2,3)15-7-4-11(8-15)14-9-13(10-14)5-6-13/h11H,4-10H2,1-3H3. The van der Waals surface area contributed by atoms with Gasteiger partial charge in [-0.3, -0.25) is 9.80 Å². The molecule has 86 valence electrons. The quantitative estimate of drug-likeness (QED) is 0.650. The number of nitrogens with zero attached hydrogens (tertiary/aromatic N) is 2. The molecule has 3 aliphatic rings. The fraction of sp³-hybridized carbons (Fsp3) is 1.00. The van der Waals surface area contributed by atoms with Crippen LogP contribution in [0.15, 0.2) is 0 Å². The van der Waals surface area contributed by atoms with Crippen molar-refractivity contribution >= 4 is 0 Å². The van der Waals surface area contributed by atoms with Gasteiger partial charge >= 0.3 is 0 Å². The molecule has 3 rings (SSSR count). The molecule has 15 heavy (non-hydrogen) atoms. The van der Waals surface area contributed by atoms with Crippen molar-refractivity contribution < 1.29 is 0 Å². The van der Waals surface area contributed by atoms with Crippen molar-refractivity contribution in [3.05, 3.63) is 0 Å². The van der Waals surface area contributed by atoms with Crippen molar-refractivity contribution in [1.29, 1.82) is 0 Å². The summed E-state index contributed by atoms with van der Waals surface area (Å²) in [5.41, 5.74) is 1.20. The van der Waals surface area contributed by atoms with Crippen LogP contribution in [0.1, 0.15) is 40.0 Å². The molecule has 0 bridgehead atoms. The molecule has 2 saturated heterocycles. The average Bonchev–Trinajstić information content (AvgIpc) is 2.71. The highest BCUT2D eigenvalue weighted by Crippen LogP contribution is 2.53. The van der Waals surface area contributed by atoms with Gasteiger partial charge in [0.1, 0.15) is 0 Å². The first-order chi connectivity index (χ1) is 6.99. The molecular weight excluding hydrogens is 184 g/mol. The summed E-state index contributed by atoms with van der Waals surface area (Å²) in [6, 6.07) is 0.871. The van der Waals surface area contributed by atoms with E-state index >= 15 is 0 Å². The molecule has 0 aromatic carbocycles. The summed E-state index contributed by atoms with van der Waals surface area (Å²) in [4.78, 5) is 5.38. The maximum absolute atomic E-state index is 2.73. The van der Waals surface area contributed by atoms with Gasteiger partial charge in [-0.2, -0.15) is 0 Å². The smallest absolute Gasteiger partial charge is 0.0236 e. The third-order valence-corrected chi connectivity index (χ3v) is 4.66. The fourth-order valence-electron chi connectivity index (χ4n) is 3.22. The lowest BCUT2D eigenvalue weighted by Crippen LogP contribution is -2.54. The Balaban J connectivity index is 1.53. The summed E-state index contributed by atoms with van der Waals surface area (Å²) in [5.74, 6) is 0. The predicted octanol–water partition coefficient (Wildman–Crippen LogP) is 1.96. The second-order valence-electron chi connectivity index (χ2n) is 6.96. The zero-order valence-corrected chi connectivity index (χ0v) is 10.4. The van der Waals surface area contributed by atoms with Gasteiger partial charge in [0.2, 0.25) is 0 Å². The third-order valence-electron chi connectivity index (χ3n) is 4.66. The molecule has 1 atom stereocenters. The van der Waals surface area contributed by atoms with E-state index < -0.39 is 0 Å². The lowest BCUT2D eigenvalue weighted by atomic mass is 9.94. The first-order valence-electron chi connectivity index (χ1n) is 6.48. The van der Waals surface area contributed by atoms with Crippen molar-refractivity contribution in [3.63, 3.8) is 0 Å². The Morgan fingerprint density at radius 3 is 2.27 bits per heavy atom. The van der Waals surface area contributed by atoms with E-state index in [0.717, 1.165) is 11.5 Å². The molecule has 0 N–H and O–H groups in total. The van der Waals surface area contributed by atoms with Crippen molar-refractivity contribution in [3.8, 4) is 0 Å². The van der Waals surface area contributed by atoms with Crippen molar-refractivity contribution in [1.82, 2.24) is 9.80 Å². The molecule has 0 aromatic rings. The number of hydrogen-bond acceptors (Lipinski definition) is 2. The van der Waals surface area contributed by atoms with Gasteiger partial charge in [-0.15, -0.1) is 0 Å². The summed E-state index contributed by atoms with van der Waals surface area (Å²) < 4.78 is 0. The van der Waals surface area contributed by atoms with Gasteiger partial charge < -0.3 is 0 Å². The molecule has 1 spiro atoms. The van der Waals surface area contributed by atoms with Crippen LogP contribution < -0.4 is 0 Å². The van der Waals surface area contributed by atoms with Crippen LogP contribution in [-0.4, -0.2) is 47.6 Å². The Bertz CT molecular complexity index is 254. The molecule has 0 radical (unpaired) electrons. The van der Waals surface area contributed by atoms with Crippen LogP contribution in [0.25, 0.3) is 0 Å². The highest BCUT2D eigenvalue weighted by molar-refractivity contribution is 5.08. The first-order valence-corrected chi connectivity index (χ1v) is 6.48. The van der Waals surface area contributed by atoms with Gasteiger partial charge in [-0.25, -0.2) is 0 Å². The monoisotopic (exact) mass is 208 g/mol. The second-order valence-corrected chi connectivity index (χ2v) is 6.96. The molecular formula is C13H24N2.